The fraction of sp³-hybridized carbons (Fsp3) is 0.381. The molecule has 0 bridgehead atoms. The van der Waals surface area contributed by atoms with Gasteiger partial charge in [-0.3, -0.25) is 4.31 Å². The number of esters is 1. The predicted octanol–water partition coefficient (Wildman–Crippen LogP) is 3.67. The Balaban J connectivity index is 2.10. The van der Waals surface area contributed by atoms with Crippen LogP contribution >= 0.6 is 0 Å². The number of sulfonamides is 1. The number of hydrogen-bond acceptors (Lipinski definition) is 4. The quantitative estimate of drug-likeness (QED) is 0.754. The zero-order valence-corrected chi connectivity index (χ0v) is 16.9. The molecule has 1 atom stereocenters. The van der Waals surface area contributed by atoms with Crippen LogP contribution in [-0.4, -0.2) is 27.5 Å². The third kappa shape index (κ3) is 3.58. The number of methoxy groups -OCH3 is 1. The molecule has 0 spiro atoms. The van der Waals surface area contributed by atoms with Gasteiger partial charge in [0.05, 0.1) is 17.7 Å². The molecule has 1 heterocycles. The van der Waals surface area contributed by atoms with Gasteiger partial charge >= 0.3 is 5.97 Å². The number of nitrogens with zero attached hydrogens (tertiary/aromatic N) is 1. The number of carbonyl (C=O) groups excluding carboxylic acids is 1. The number of fused-ring (bicyclic) bond motifs is 1. The van der Waals surface area contributed by atoms with Crippen LogP contribution in [0.1, 0.15) is 38.3 Å². The van der Waals surface area contributed by atoms with Crippen molar-refractivity contribution >= 4 is 21.7 Å². The maximum Gasteiger partial charge on any atom is 0.329 e. The van der Waals surface area contributed by atoms with Crippen molar-refractivity contribution in [3.8, 4) is 0 Å². The topological polar surface area (TPSA) is 63.7 Å². The molecule has 6 heteroatoms. The van der Waals surface area contributed by atoms with Crippen molar-refractivity contribution in [2.45, 2.75) is 50.0 Å². The molecule has 0 saturated heterocycles. The average Bonchev–Trinajstić information content (AvgIpc) is 2.65. The molecule has 2 aromatic rings. The summed E-state index contributed by atoms with van der Waals surface area (Å²) in [4.78, 5) is 12.5. The van der Waals surface area contributed by atoms with Gasteiger partial charge in [0, 0.05) is 0 Å². The third-order valence-corrected chi connectivity index (χ3v) is 6.79. The molecule has 0 fully saturated rings. The molecule has 5 nitrogen and oxygen atoms in total. The number of aryl methyl sites for hydroxylation is 1. The van der Waals surface area contributed by atoms with Crippen molar-refractivity contribution in [1.82, 2.24) is 0 Å². The van der Waals surface area contributed by atoms with E-state index >= 15 is 0 Å². The maximum atomic E-state index is 13.5. The van der Waals surface area contributed by atoms with Crippen LogP contribution in [0, 0.1) is 0 Å². The highest BCUT2D eigenvalue weighted by Crippen LogP contribution is 2.36. The lowest BCUT2D eigenvalue weighted by Crippen LogP contribution is -2.48. The highest BCUT2D eigenvalue weighted by Gasteiger charge is 2.40. The monoisotopic (exact) mass is 387 g/mol. The first-order valence-corrected chi connectivity index (χ1v) is 10.4. The molecule has 0 saturated carbocycles. The SMILES string of the molecule is COC(=O)C1CCc2ccccc2N1S(=O)(=O)c1ccc(C(C)(C)C)cc1. The van der Waals surface area contributed by atoms with E-state index in [0.29, 0.717) is 18.5 Å². The van der Waals surface area contributed by atoms with Gasteiger partial charge < -0.3 is 4.74 Å². The normalized spacial score (nSPS) is 17.3. The van der Waals surface area contributed by atoms with Gasteiger partial charge in [-0.25, -0.2) is 13.2 Å². The second-order valence-corrected chi connectivity index (χ2v) is 9.60. The Kier molecular flexibility index (Phi) is 5.04. The Labute approximate surface area is 161 Å². The van der Waals surface area contributed by atoms with Crippen molar-refractivity contribution in [2.24, 2.45) is 0 Å². The number of ether oxygens (including phenoxy) is 1. The molecule has 2 aromatic carbocycles. The molecule has 0 aliphatic carbocycles. The third-order valence-electron chi connectivity index (χ3n) is 4.95. The lowest BCUT2D eigenvalue weighted by molar-refractivity contribution is -0.142. The summed E-state index contributed by atoms with van der Waals surface area (Å²) in [7, 11) is -2.63. The number of hydrogen-bond donors (Lipinski definition) is 0. The molecule has 1 unspecified atom stereocenters. The van der Waals surface area contributed by atoms with Crippen molar-refractivity contribution in [3.05, 3.63) is 59.7 Å². The first-order chi connectivity index (χ1) is 12.7. The van der Waals surface area contributed by atoms with Gasteiger partial charge in [0.2, 0.25) is 0 Å². The lowest BCUT2D eigenvalue weighted by Gasteiger charge is -2.36. The number of carbonyl (C=O) groups is 1. The molecule has 0 radical (unpaired) electrons. The zero-order valence-electron chi connectivity index (χ0n) is 16.1. The predicted molar refractivity (Wildman–Crippen MR) is 105 cm³/mol. The van der Waals surface area contributed by atoms with E-state index in [1.165, 1.54) is 11.4 Å². The minimum absolute atomic E-state index is 0.0748. The molecule has 1 aliphatic rings. The molecule has 0 amide bonds. The first-order valence-electron chi connectivity index (χ1n) is 8.97. The number of anilines is 1. The summed E-state index contributed by atoms with van der Waals surface area (Å²) in [5.41, 5.74) is 2.42. The summed E-state index contributed by atoms with van der Waals surface area (Å²) >= 11 is 0. The largest absolute Gasteiger partial charge is 0.467 e. The smallest absolute Gasteiger partial charge is 0.329 e. The molecular weight excluding hydrogens is 362 g/mol. The van der Waals surface area contributed by atoms with Crippen LogP contribution in [0.2, 0.25) is 0 Å². The molecule has 0 N–H and O–H groups in total. The average molecular weight is 388 g/mol. The van der Waals surface area contributed by atoms with E-state index in [0.717, 1.165) is 11.1 Å². The molecule has 3 rings (SSSR count). The minimum atomic E-state index is -3.91. The van der Waals surface area contributed by atoms with E-state index in [2.05, 4.69) is 20.8 Å². The fourth-order valence-electron chi connectivity index (χ4n) is 3.40. The van der Waals surface area contributed by atoms with Gasteiger partial charge in [0.25, 0.3) is 10.0 Å². The second-order valence-electron chi connectivity index (χ2n) is 7.78. The second kappa shape index (κ2) is 7.00. The Morgan fingerprint density at radius 2 is 1.70 bits per heavy atom. The van der Waals surface area contributed by atoms with E-state index in [1.807, 2.05) is 24.3 Å². The van der Waals surface area contributed by atoms with E-state index < -0.39 is 22.0 Å². The number of rotatable bonds is 3. The van der Waals surface area contributed by atoms with E-state index in [1.54, 1.807) is 24.3 Å². The fourth-order valence-corrected chi connectivity index (χ4v) is 5.07. The van der Waals surface area contributed by atoms with Crippen molar-refractivity contribution in [1.29, 1.82) is 0 Å². The van der Waals surface area contributed by atoms with E-state index in [-0.39, 0.29) is 10.3 Å². The number of para-hydroxylation sites is 1. The molecule has 27 heavy (non-hydrogen) atoms. The Morgan fingerprint density at radius 1 is 1.07 bits per heavy atom. The van der Waals surface area contributed by atoms with Crippen LogP contribution in [0.3, 0.4) is 0 Å². The standard InChI is InChI=1S/C21H25NO4S/c1-21(2,3)16-10-12-17(13-11-16)27(24,25)22-18-8-6-5-7-15(18)9-14-19(22)20(23)26-4/h5-8,10-13,19H,9,14H2,1-4H3. The summed E-state index contributed by atoms with van der Waals surface area (Å²) in [6.45, 7) is 6.22. The summed E-state index contributed by atoms with van der Waals surface area (Å²) in [6, 6.07) is 13.3. The Morgan fingerprint density at radius 3 is 2.30 bits per heavy atom. The van der Waals surface area contributed by atoms with Crippen molar-refractivity contribution < 1.29 is 17.9 Å². The van der Waals surface area contributed by atoms with Gasteiger partial charge in [-0.05, 0) is 47.6 Å². The van der Waals surface area contributed by atoms with Crippen LogP contribution in [0.5, 0.6) is 0 Å². The van der Waals surface area contributed by atoms with Crippen LogP contribution in [0.15, 0.2) is 53.4 Å². The summed E-state index contributed by atoms with van der Waals surface area (Å²) in [5, 5.41) is 0. The number of benzene rings is 2. The Hall–Kier alpha value is -2.34. The van der Waals surface area contributed by atoms with Crippen LogP contribution < -0.4 is 4.31 Å². The first kappa shape index (κ1) is 19.4. The summed E-state index contributed by atoms with van der Waals surface area (Å²) in [5.74, 6) is -0.542. The van der Waals surface area contributed by atoms with Crippen molar-refractivity contribution in [3.63, 3.8) is 0 Å². The van der Waals surface area contributed by atoms with Crippen LogP contribution in [0.4, 0.5) is 5.69 Å². The Bertz CT molecular complexity index is 943. The van der Waals surface area contributed by atoms with E-state index in [4.69, 9.17) is 4.74 Å². The van der Waals surface area contributed by atoms with Crippen LogP contribution in [0.25, 0.3) is 0 Å². The molecule has 1 aliphatic heterocycles. The van der Waals surface area contributed by atoms with Gasteiger partial charge in [-0.1, -0.05) is 51.1 Å². The van der Waals surface area contributed by atoms with E-state index in [9.17, 15) is 13.2 Å². The van der Waals surface area contributed by atoms with Gasteiger partial charge in [-0.15, -0.1) is 0 Å². The lowest BCUT2D eigenvalue weighted by atomic mass is 9.87. The van der Waals surface area contributed by atoms with Gasteiger partial charge in [0.1, 0.15) is 6.04 Å². The zero-order chi connectivity index (χ0) is 19.8. The maximum absolute atomic E-state index is 13.5. The summed E-state index contributed by atoms with van der Waals surface area (Å²) < 4.78 is 33.0. The summed E-state index contributed by atoms with van der Waals surface area (Å²) in [6.07, 6.45) is 1.02. The highest BCUT2D eigenvalue weighted by atomic mass is 32.2. The van der Waals surface area contributed by atoms with Crippen LogP contribution in [-0.2, 0) is 31.4 Å². The highest BCUT2D eigenvalue weighted by molar-refractivity contribution is 7.93. The van der Waals surface area contributed by atoms with Gasteiger partial charge in [-0.2, -0.15) is 0 Å². The molecule has 144 valence electrons. The van der Waals surface area contributed by atoms with Gasteiger partial charge in [0.15, 0.2) is 0 Å². The molecule has 0 aromatic heterocycles. The van der Waals surface area contributed by atoms with Crippen molar-refractivity contribution in [2.75, 3.05) is 11.4 Å². The molecular formula is C21H25NO4S. The minimum Gasteiger partial charge on any atom is -0.467 e.